The van der Waals surface area contributed by atoms with Crippen LogP contribution in [0.5, 0.6) is 11.5 Å². The summed E-state index contributed by atoms with van der Waals surface area (Å²) in [7, 11) is 0. The molecule has 0 atom stereocenters. The molecule has 5 nitrogen and oxygen atoms in total. The highest BCUT2D eigenvalue weighted by atomic mass is 35.5. The molecule has 0 spiro atoms. The quantitative estimate of drug-likeness (QED) is 0.807. The fourth-order valence-electron chi connectivity index (χ4n) is 2.42. The predicted molar refractivity (Wildman–Crippen MR) is 87.1 cm³/mol. The molecule has 0 saturated carbocycles. The maximum absolute atomic E-state index is 12.6. The zero-order valence-corrected chi connectivity index (χ0v) is 13.5. The summed E-state index contributed by atoms with van der Waals surface area (Å²) in [5.41, 5.74) is 1.51. The Balaban J connectivity index is 1.76. The van der Waals surface area contributed by atoms with Gasteiger partial charge in [-0.3, -0.25) is 4.79 Å². The third-order valence-electron chi connectivity index (χ3n) is 3.62. The number of carbonyl (C=O) groups excluding carboxylic acids is 1. The zero-order chi connectivity index (χ0) is 16.2. The molecule has 23 heavy (non-hydrogen) atoms. The first kappa shape index (κ1) is 15.6. The number of nitrogens with zero attached hydrogens (tertiary/aromatic N) is 2. The summed E-state index contributed by atoms with van der Waals surface area (Å²) >= 11 is 5.77. The average molecular weight is 333 g/mol. The maximum Gasteiger partial charge on any atom is 0.255 e. The smallest absolute Gasteiger partial charge is 0.255 e. The molecular weight excluding hydrogens is 316 g/mol. The van der Waals surface area contributed by atoms with Crippen LogP contribution in [0.1, 0.15) is 22.8 Å². The van der Waals surface area contributed by atoms with Gasteiger partial charge in [-0.25, -0.2) is 4.98 Å². The van der Waals surface area contributed by atoms with Gasteiger partial charge in [-0.1, -0.05) is 17.7 Å². The van der Waals surface area contributed by atoms with Gasteiger partial charge in [-0.05, 0) is 36.8 Å². The molecule has 120 valence electrons. The number of hydrogen-bond donors (Lipinski definition) is 0. The van der Waals surface area contributed by atoms with Crippen molar-refractivity contribution in [1.82, 2.24) is 9.88 Å². The van der Waals surface area contributed by atoms with Crippen molar-refractivity contribution in [3.8, 4) is 11.5 Å². The number of pyridine rings is 1. The van der Waals surface area contributed by atoms with Crippen LogP contribution in [0.3, 0.4) is 0 Å². The van der Waals surface area contributed by atoms with Crippen molar-refractivity contribution in [2.24, 2.45) is 0 Å². The van der Waals surface area contributed by atoms with Crippen LogP contribution in [0, 0.1) is 0 Å². The number of ether oxygens (including phenoxy) is 2. The molecule has 2 aromatic rings. The van der Waals surface area contributed by atoms with Crippen LogP contribution in [0.25, 0.3) is 0 Å². The van der Waals surface area contributed by atoms with Gasteiger partial charge < -0.3 is 14.4 Å². The lowest BCUT2D eigenvalue weighted by atomic mass is 10.1. The van der Waals surface area contributed by atoms with Gasteiger partial charge in [0, 0.05) is 19.3 Å². The molecule has 0 bridgehead atoms. The van der Waals surface area contributed by atoms with E-state index in [2.05, 4.69) is 4.98 Å². The van der Waals surface area contributed by atoms with E-state index in [1.165, 1.54) is 6.20 Å². The van der Waals surface area contributed by atoms with Gasteiger partial charge >= 0.3 is 0 Å². The SMILES string of the molecule is CCN(Cc1ccc2c(c1)OCCO2)C(=O)c1ccc(Cl)nc1. The molecule has 1 aromatic carbocycles. The van der Waals surface area contributed by atoms with Crippen molar-refractivity contribution in [1.29, 1.82) is 0 Å². The Kier molecular flexibility index (Phi) is 4.67. The summed E-state index contributed by atoms with van der Waals surface area (Å²) in [6.07, 6.45) is 1.50. The molecule has 3 rings (SSSR count). The highest BCUT2D eigenvalue weighted by Gasteiger charge is 2.17. The lowest BCUT2D eigenvalue weighted by Gasteiger charge is -2.23. The molecule has 0 fully saturated rings. The van der Waals surface area contributed by atoms with Crippen molar-refractivity contribution in [3.05, 3.63) is 52.8 Å². The van der Waals surface area contributed by atoms with E-state index in [-0.39, 0.29) is 5.91 Å². The first-order valence-electron chi connectivity index (χ1n) is 7.46. The second-order valence-corrected chi connectivity index (χ2v) is 5.55. The second kappa shape index (κ2) is 6.87. The average Bonchev–Trinajstić information content (AvgIpc) is 2.59. The van der Waals surface area contributed by atoms with E-state index in [1.54, 1.807) is 17.0 Å². The highest BCUT2D eigenvalue weighted by Crippen LogP contribution is 2.31. The van der Waals surface area contributed by atoms with Gasteiger partial charge in [0.1, 0.15) is 18.4 Å². The number of halogens is 1. The van der Waals surface area contributed by atoms with Crippen LogP contribution >= 0.6 is 11.6 Å². The van der Waals surface area contributed by atoms with Gasteiger partial charge in [0.2, 0.25) is 0 Å². The Labute approximate surface area is 139 Å². The molecule has 0 aliphatic carbocycles. The summed E-state index contributed by atoms with van der Waals surface area (Å²) < 4.78 is 11.1. The fraction of sp³-hybridized carbons (Fsp3) is 0.294. The van der Waals surface area contributed by atoms with Crippen LogP contribution in [0.15, 0.2) is 36.5 Å². The van der Waals surface area contributed by atoms with Crippen LogP contribution < -0.4 is 9.47 Å². The monoisotopic (exact) mass is 332 g/mol. The van der Waals surface area contributed by atoms with Crippen molar-refractivity contribution in [2.45, 2.75) is 13.5 Å². The van der Waals surface area contributed by atoms with Gasteiger partial charge in [0.25, 0.3) is 5.91 Å². The molecule has 1 amide bonds. The third-order valence-corrected chi connectivity index (χ3v) is 3.85. The van der Waals surface area contributed by atoms with Crippen molar-refractivity contribution in [3.63, 3.8) is 0 Å². The minimum Gasteiger partial charge on any atom is -0.486 e. The van der Waals surface area contributed by atoms with Gasteiger partial charge in [-0.15, -0.1) is 0 Å². The van der Waals surface area contributed by atoms with Gasteiger partial charge in [0.15, 0.2) is 11.5 Å². The van der Waals surface area contributed by atoms with Crippen molar-refractivity contribution in [2.75, 3.05) is 19.8 Å². The first-order valence-corrected chi connectivity index (χ1v) is 7.84. The van der Waals surface area contributed by atoms with Gasteiger partial charge in [0.05, 0.1) is 5.56 Å². The Morgan fingerprint density at radius 2 is 2.00 bits per heavy atom. The van der Waals surface area contributed by atoms with E-state index in [0.29, 0.717) is 37.0 Å². The number of hydrogen-bond acceptors (Lipinski definition) is 4. The third kappa shape index (κ3) is 3.56. The van der Waals surface area contributed by atoms with Crippen LogP contribution in [0.4, 0.5) is 0 Å². The number of carbonyl (C=O) groups is 1. The number of fused-ring (bicyclic) bond motifs is 1. The Bertz CT molecular complexity index is 703. The van der Waals surface area contributed by atoms with E-state index in [4.69, 9.17) is 21.1 Å². The molecule has 0 N–H and O–H groups in total. The summed E-state index contributed by atoms with van der Waals surface area (Å²) in [4.78, 5) is 18.3. The number of benzene rings is 1. The number of aromatic nitrogens is 1. The molecule has 0 radical (unpaired) electrons. The summed E-state index contributed by atoms with van der Waals surface area (Å²) in [5, 5.41) is 0.372. The minimum atomic E-state index is -0.0773. The minimum absolute atomic E-state index is 0.0773. The second-order valence-electron chi connectivity index (χ2n) is 5.17. The highest BCUT2D eigenvalue weighted by molar-refractivity contribution is 6.29. The molecule has 1 aromatic heterocycles. The number of amides is 1. The van der Waals surface area contributed by atoms with E-state index >= 15 is 0 Å². The van der Waals surface area contributed by atoms with E-state index in [9.17, 15) is 4.79 Å². The summed E-state index contributed by atoms with van der Waals surface area (Å²) in [5.74, 6) is 1.40. The Morgan fingerprint density at radius 3 is 2.70 bits per heavy atom. The standard InChI is InChI=1S/C17H17ClN2O3/c1-2-20(17(21)13-4-6-16(18)19-10-13)11-12-3-5-14-15(9-12)23-8-7-22-14/h3-6,9-10H,2,7-8,11H2,1H3. The zero-order valence-electron chi connectivity index (χ0n) is 12.8. The molecule has 6 heteroatoms. The van der Waals surface area contributed by atoms with E-state index in [1.807, 2.05) is 25.1 Å². The molecule has 0 saturated heterocycles. The van der Waals surface area contributed by atoms with E-state index in [0.717, 1.165) is 17.1 Å². The predicted octanol–water partition coefficient (Wildman–Crippen LogP) is 3.17. The largest absolute Gasteiger partial charge is 0.486 e. The van der Waals surface area contributed by atoms with Crippen LogP contribution in [0.2, 0.25) is 5.15 Å². The number of rotatable bonds is 4. The first-order chi connectivity index (χ1) is 11.2. The normalized spacial score (nSPS) is 12.8. The lowest BCUT2D eigenvalue weighted by molar-refractivity contribution is 0.0752. The lowest BCUT2D eigenvalue weighted by Crippen LogP contribution is -2.30. The Morgan fingerprint density at radius 1 is 1.22 bits per heavy atom. The molecule has 1 aliphatic rings. The van der Waals surface area contributed by atoms with Gasteiger partial charge in [-0.2, -0.15) is 0 Å². The van der Waals surface area contributed by atoms with Crippen molar-refractivity contribution >= 4 is 17.5 Å². The van der Waals surface area contributed by atoms with E-state index < -0.39 is 0 Å². The van der Waals surface area contributed by atoms with Crippen LogP contribution in [-0.2, 0) is 6.54 Å². The fourth-order valence-corrected chi connectivity index (χ4v) is 2.53. The molecular formula is C17H17ClN2O3. The molecule has 2 heterocycles. The van der Waals surface area contributed by atoms with Crippen LogP contribution in [-0.4, -0.2) is 35.5 Å². The summed E-state index contributed by atoms with van der Waals surface area (Å²) in [6.45, 7) is 4.14. The molecule has 1 aliphatic heterocycles. The molecule has 0 unspecified atom stereocenters. The summed E-state index contributed by atoms with van der Waals surface area (Å²) in [6, 6.07) is 9.05. The topological polar surface area (TPSA) is 51.7 Å². The Hall–Kier alpha value is -2.27. The maximum atomic E-state index is 12.6. The van der Waals surface area contributed by atoms with Crippen molar-refractivity contribution < 1.29 is 14.3 Å².